The van der Waals surface area contributed by atoms with Gasteiger partial charge >= 0.3 is 0 Å². The molecule has 130 valence electrons. The van der Waals surface area contributed by atoms with E-state index in [0.29, 0.717) is 11.1 Å². The number of ether oxygens (including phenoxy) is 2. The fourth-order valence-electron chi connectivity index (χ4n) is 2.77. The zero-order chi connectivity index (χ0) is 17.8. The van der Waals surface area contributed by atoms with Crippen LogP contribution in [0.1, 0.15) is 18.4 Å². The maximum atomic E-state index is 14.0. The maximum Gasteiger partial charge on any atom is 0.165 e. The minimum absolute atomic E-state index is 0.0542. The molecule has 0 unspecified atom stereocenters. The van der Waals surface area contributed by atoms with Crippen molar-refractivity contribution >= 4 is 17.4 Å². The normalized spacial score (nSPS) is 19.0. The van der Waals surface area contributed by atoms with Gasteiger partial charge in [0.1, 0.15) is 5.82 Å². The number of benzene rings is 2. The van der Waals surface area contributed by atoms with Crippen molar-refractivity contribution in [2.24, 2.45) is 4.99 Å². The van der Waals surface area contributed by atoms with E-state index in [0.717, 1.165) is 18.4 Å². The number of aliphatic imine (C=N–C) groups is 1. The van der Waals surface area contributed by atoms with E-state index in [9.17, 15) is 8.78 Å². The predicted octanol–water partition coefficient (Wildman–Crippen LogP) is 4.79. The van der Waals surface area contributed by atoms with Crippen molar-refractivity contribution < 1.29 is 18.3 Å². The quantitative estimate of drug-likeness (QED) is 0.547. The van der Waals surface area contributed by atoms with Gasteiger partial charge in [0.15, 0.2) is 11.6 Å². The molecule has 2 aromatic rings. The molecular formula is C19H17F2NO2S. The van der Waals surface area contributed by atoms with Gasteiger partial charge in [-0.25, -0.2) is 13.8 Å². The van der Waals surface area contributed by atoms with Gasteiger partial charge in [-0.1, -0.05) is 12.1 Å². The molecule has 0 amide bonds. The van der Waals surface area contributed by atoms with Crippen LogP contribution in [0.5, 0.6) is 5.75 Å². The molecule has 1 aliphatic rings. The summed E-state index contributed by atoms with van der Waals surface area (Å²) in [6.07, 6.45) is 1.60. The lowest BCUT2D eigenvalue weighted by molar-refractivity contribution is -0.0192. The van der Waals surface area contributed by atoms with Crippen molar-refractivity contribution in [2.45, 2.75) is 31.6 Å². The number of nitrogens with zero attached hydrogens (tertiary/aromatic N) is 1. The van der Waals surface area contributed by atoms with E-state index < -0.39 is 5.82 Å². The van der Waals surface area contributed by atoms with Crippen molar-refractivity contribution in [2.75, 3.05) is 7.11 Å². The first-order chi connectivity index (χ1) is 12.1. The zero-order valence-corrected chi connectivity index (χ0v) is 14.5. The largest absolute Gasteiger partial charge is 0.494 e. The van der Waals surface area contributed by atoms with Gasteiger partial charge in [0.05, 0.1) is 31.0 Å². The average Bonchev–Trinajstić information content (AvgIpc) is 2.58. The van der Waals surface area contributed by atoms with E-state index in [1.807, 2.05) is 0 Å². The molecule has 2 aromatic carbocycles. The molecule has 0 saturated heterocycles. The SMILES string of the molecule is COc1ccc(-c2ccc(F)c(CO[C@H]3C[C@@H](N=C=S)C3)c2)cc1F. The van der Waals surface area contributed by atoms with E-state index in [4.69, 9.17) is 9.47 Å². The monoisotopic (exact) mass is 361 g/mol. The second-order valence-corrected chi connectivity index (χ2v) is 6.12. The number of rotatable bonds is 6. The highest BCUT2D eigenvalue weighted by Gasteiger charge is 2.29. The van der Waals surface area contributed by atoms with E-state index in [1.54, 1.807) is 24.3 Å². The van der Waals surface area contributed by atoms with Crippen LogP contribution in [-0.2, 0) is 11.3 Å². The molecule has 0 aliphatic heterocycles. The summed E-state index contributed by atoms with van der Waals surface area (Å²) in [5.41, 5.74) is 1.81. The van der Waals surface area contributed by atoms with Crippen molar-refractivity contribution in [1.82, 2.24) is 0 Å². The Balaban J connectivity index is 1.70. The summed E-state index contributed by atoms with van der Waals surface area (Å²) in [6.45, 7) is 0.164. The highest BCUT2D eigenvalue weighted by atomic mass is 32.1. The van der Waals surface area contributed by atoms with Crippen LogP contribution >= 0.6 is 12.2 Å². The van der Waals surface area contributed by atoms with Crippen molar-refractivity contribution in [3.63, 3.8) is 0 Å². The average molecular weight is 361 g/mol. The fourth-order valence-corrected chi connectivity index (χ4v) is 2.92. The smallest absolute Gasteiger partial charge is 0.165 e. The van der Waals surface area contributed by atoms with Gasteiger partial charge in [-0.15, -0.1) is 0 Å². The van der Waals surface area contributed by atoms with Gasteiger partial charge in [-0.3, -0.25) is 0 Å². The van der Waals surface area contributed by atoms with Crippen LogP contribution < -0.4 is 4.74 Å². The molecule has 0 aromatic heterocycles. The molecule has 1 aliphatic carbocycles. The Labute approximate surface area is 150 Å². The summed E-state index contributed by atoms with van der Waals surface area (Å²) in [5.74, 6) is -0.625. The first kappa shape index (κ1) is 17.7. The molecule has 0 N–H and O–H groups in total. The number of methoxy groups -OCH3 is 1. The summed E-state index contributed by atoms with van der Waals surface area (Å²) in [4.78, 5) is 3.99. The van der Waals surface area contributed by atoms with Gasteiger partial charge in [-0.2, -0.15) is 0 Å². The first-order valence-electron chi connectivity index (χ1n) is 7.91. The van der Waals surface area contributed by atoms with Crippen LogP contribution in [0.4, 0.5) is 8.78 Å². The third-order valence-electron chi connectivity index (χ3n) is 4.31. The molecular weight excluding hydrogens is 344 g/mol. The number of halogens is 2. The minimum Gasteiger partial charge on any atom is -0.494 e. The number of isothiocyanates is 1. The van der Waals surface area contributed by atoms with Crippen LogP contribution in [0.2, 0.25) is 0 Å². The molecule has 0 heterocycles. The van der Waals surface area contributed by atoms with Crippen LogP contribution in [0.25, 0.3) is 11.1 Å². The van der Waals surface area contributed by atoms with E-state index in [2.05, 4.69) is 22.4 Å². The Hall–Kier alpha value is -2.14. The minimum atomic E-state index is -0.457. The molecule has 6 heteroatoms. The van der Waals surface area contributed by atoms with Gasteiger partial charge in [0.2, 0.25) is 0 Å². The summed E-state index contributed by atoms with van der Waals surface area (Å²) in [7, 11) is 1.41. The van der Waals surface area contributed by atoms with Gasteiger partial charge in [0.25, 0.3) is 0 Å². The summed E-state index contributed by atoms with van der Waals surface area (Å²) >= 11 is 4.57. The Morgan fingerprint density at radius 2 is 1.84 bits per heavy atom. The number of hydrogen-bond donors (Lipinski definition) is 0. The van der Waals surface area contributed by atoms with E-state index >= 15 is 0 Å². The van der Waals surface area contributed by atoms with Crippen molar-refractivity contribution in [1.29, 1.82) is 0 Å². The molecule has 0 atom stereocenters. The van der Waals surface area contributed by atoms with Crippen LogP contribution in [0.3, 0.4) is 0 Å². The molecule has 25 heavy (non-hydrogen) atoms. The Morgan fingerprint density at radius 1 is 1.12 bits per heavy atom. The lowest BCUT2D eigenvalue weighted by atomic mass is 9.90. The van der Waals surface area contributed by atoms with E-state index in [-0.39, 0.29) is 30.3 Å². The molecule has 3 nitrogen and oxygen atoms in total. The van der Waals surface area contributed by atoms with Crippen LogP contribution in [0.15, 0.2) is 41.4 Å². The standard InChI is InChI=1S/C19H17F2NO2S/c1-23-19-5-3-13(7-18(19)21)12-2-4-17(20)14(6-12)10-24-16-8-15(9-16)22-11-25/h2-7,15-16H,8-10H2,1H3/t15-,16+. The molecule has 0 bridgehead atoms. The molecule has 0 spiro atoms. The second kappa shape index (κ2) is 7.83. The maximum absolute atomic E-state index is 14.0. The fraction of sp³-hybridized carbons (Fsp3) is 0.316. The van der Waals surface area contributed by atoms with Crippen LogP contribution in [0, 0.1) is 11.6 Å². The number of thiocarbonyl (C=S) groups is 1. The lowest BCUT2D eigenvalue weighted by Gasteiger charge is -2.31. The third kappa shape index (κ3) is 4.10. The predicted molar refractivity (Wildman–Crippen MR) is 95.0 cm³/mol. The van der Waals surface area contributed by atoms with E-state index in [1.165, 1.54) is 19.2 Å². The lowest BCUT2D eigenvalue weighted by Crippen LogP contribution is -2.34. The van der Waals surface area contributed by atoms with Gasteiger partial charge in [-0.05, 0) is 60.5 Å². The summed E-state index contributed by atoms with van der Waals surface area (Å²) < 4.78 is 38.5. The molecule has 0 radical (unpaired) electrons. The second-order valence-electron chi connectivity index (χ2n) is 5.93. The zero-order valence-electron chi connectivity index (χ0n) is 13.7. The first-order valence-corrected chi connectivity index (χ1v) is 8.32. The van der Waals surface area contributed by atoms with Gasteiger partial charge < -0.3 is 9.47 Å². The summed E-state index contributed by atoms with van der Waals surface area (Å²) in [5, 5.41) is 2.36. The van der Waals surface area contributed by atoms with Crippen LogP contribution in [-0.4, -0.2) is 24.4 Å². The third-order valence-corrected chi connectivity index (χ3v) is 4.42. The van der Waals surface area contributed by atoms with Crippen molar-refractivity contribution in [3.05, 3.63) is 53.6 Å². The van der Waals surface area contributed by atoms with Crippen molar-refractivity contribution in [3.8, 4) is 16.9 Å². The molecule has 1 fully saturated rings. The Kier molecular flexibility index (Phi) is 5.53. The summed E-state index contributed by atoms with van der Waals surface area (Å²) in [6, 6.07) is 9.50. The Morgan fingerprint density at radius 3 is 2.52 bits per heavy atom. The molecule has 1 saturated carbocycles. The Bertz CT molecular complexity index is 815. The topological polar surface area (TPSA) is 30.8 Å². The highest BCUT2D eigenvalue weighted by molar-refractivity contribution is 7.78. The highest BCUT2D eigenvalue weighted by Crippen LogP contribution is 2.29. The van der Waals surface area contributed by atoms with Gasteiger partial charge in [0, 0.05) is 5.56 Å². The molecule has 3 rings (SSSR count). The number of hydrogen-bond acceptors (Lipinski definition) is 4.